The predicted octanol–water partition coefficient (Wildman–Crippen LogP) is 0.624. The normalized spacial score (nSPS) is 10.4. The van der Waals surface area contributed by atoms with Gasteiger partial charge in [-0.3, -0.25) is 4.79 Å². The predicted molar refractivity (Wildman–Crippen MR) is 44.6 cm³/mol. The molecule has 0 aliphatic heterocycles. The highest BCUT2D eigenvalue weighted by Crippen LogP contribution is 1.80. The second-order valence-electron chi connectivity index (χ2n) is 1.13. The lowest BCUT2D eigenvalue weighted by molar-refractivity contribution is -0.137. The summed E-state index contributed by atoms with van der Waals surface area (Å²) in [6.45, 7) is 0. The maximum Gasteiger partial charge on any atom is 0.321 e. The minimum absolute atomic E-state index is 0. The molecule has 6 heteroatoms. The lowest BCUT2D eigenvalue weighted by atomic mass is 10.4. The number of rotatable bonds is 2. The largest absolute Gasteiger partial charge is 0.480 e. The second kappa shape index (κ2) is 8.48. The molecule has 0 aromatic rings. The van der Waals surface area contributed by atoms with Crippen LogP contribution in [0.3, 0.4) is 0 Å². The van der Waals surface area contributed by atoms with Crippen LogP contribution < -0.4 is 5.73 Å². The van der Waals surface area contributed by atoms with E-state index >= 15 is 0 Å². The molecule has 0 unspecified atom stereocenters. The molecule has 0 fully saturated rings. The molecule has 0 bridgehead atoms. The first kappa shape index (κ1) is 16.2. The van der Waals surface area contributed by atoms with Crippen molar-refractivity contribution in [2.45, 2.75) is 6.04 Å². The average molecular weight is 185 g/mol. The van der Waals surface area contributed by atoms with Gasteiger partial charge in [0.05, 0.1) is 0 Å². The third-order valence-corrected chi connectivity index (χ3v) is 0.907. The third-order valence-electron chi connectivity index (χ3n) is 0.514. The van der Waals surface area contributed by atoms with Crippen LogP contribution in [0, 0.1) is 0 Å². The molecule has 3 N–H and O–H groups in total. The molecular formula is C3H7NO2S3. The first-order valence-electron chi connectivity index (χ1n) is 1.77. The lowest BCUT2D eigenvalue weighted by Gasteiger charge is -1.96. The summed E-state index contributed by atoms with van der Waals surface area (Å²) in [5.74, 6) is -0.815. The fourth-order valence-corrected chi connectivity index (χ4v) is 0.234. The van der Waals surface area contributed by atoms with E-state index in [2.05, 4.69) is 12.6 Å². The SMILES string of the molecule is N[C@@H](CS)C(=O)O.[S].[S]. The lowest BCUT2D eigenvalue weighted by Crippen LogP contribution is -2.31. The van der Waals surface area contributed by atoms with Crippen LogP contribution in [0.1, 0.15) is 0 Å². The molecule has 9 heavy (non-hydrogen) atoms. The number of carbonyl (C=O) groups is 1. The van der Waals surface area contributed by atoms with Gasteiger partial charge in [-0.1, -0.05) is 0 Å². The molecule has 0 spiro atoms. The van der Waals surface area contributed by atoms with Gasteiger partial charge in [-0.15, -0.1) is 0 Å². The van der Waals surface area contributed by atoms with Gasteiger partial charge in [0.25, 0.3) is 0 Å². The topological polar surface area (TPSA) is 63.3 Å². The molecule has 0 amide bonds. The number of hydrogen-bond acceptors (Lipinski definition) is 3. The summed E-state index contributed by atoms with van der Waals surface area (Å²) in [5.41, 5.74) is 4.94. The van der Waals surface area contributed by atoms with E-state index < -0.39 is 12.0 Å². The molecule has 0 aromatic carbocycles. The van der Waals surface area contributed by atoms with Crippen molar-refractivity contribution < 1.29 is 9.90 Å². The van der Waals surface area contributed by atoms with Crippen molar-refractivity contribution >= 4 is 45.6 Å². The van der Waals surface area contributed by atoms with Gasteiger partial charge in [-0.05, 0) is 0 Å². The van der Waals surface area contributed by atoms with Crippen molar-refractivity contribution in [3.8, 4) is 0 Å². The number of nitrogens with two attached hydrogens (primary N) is 1. The van der Waals surface area contributed by atoms with Crippen LogP contribution in [0.15, 0.2) is 0 Å². The highest BCUT2D eigenvalue weighted by Gasteiger charge is 2.06. The number of thiol groups is 1. The van der Waals surface area contributed by atoms with Gasteiger partial charge in [-0.25, -0.2) is 0 Å². The van der Waals surface area contributed by atoms with Gasteiger partial charge in [0.1, 0.15) is 6.04 Å². The van der Waals surface area contributed by atoms with E-state index in [0.717, 1.165) is 0 Å². The zero-order valence-electron chi connectivity index (χ0n) is 4.48. The van der Waals surface area contributed by atoms with Gasteiger partial charge in [0.2, 0.25) is 0 Å². The standard InChI is InChI=1S/C3H7NO2S.2S/c4-2(1-7)3(5)6;;/h2,7H,1,4H2,(H,5,6);;/t2-;;/m0../s1. The molecular weight excluding hydrogens is 178 g/mol. The van der Waals surface area contributed by atoms with E-state index in [-0.39, 0.29) is 32.7 Å². The Balaban J connectivity index is -0.000000180. The minimum atomic E-state index is -1.00. The minimum Gasteiger partial charge on any atom is -0.480 e. The monoisotopic (exact) mass is 185 g/mol. The van der Waals surface area contributed by atoms with E-state index in [1.165, 1.54) is 0 Å². The maximum atomic E-state index is 9.76. The summed E-state index contributed by atoms with van der Waals surface area (Å²) >= 11 is 3.65. The van der Waals surface area contributed by atoms with E-state index in [1.54, 1.807) is 0 Å². The molecule has 0 aromatic heterocycles. The quantitative estimate of drug-likeness (QED) is 0.553. The molecule has 0 heterocycles. The van der Waals surface area contributed by atoms with Gasteiger partial charge in [-0.2, -0.15) is 12.6 Å². The second-order valence-corrected chi connectivity index (χ2v) is 1.49. The number of carboxylic acids is 1. The fourth-order valence-electron chi connectivity index (χ4n) is 0.0781. The number of hydrogen-bond donors (Lipinski definition) is 3. The number of aliphatic carboxylic acids is 1. The molecule has 3 nitrogen and oxygen atoms in total. The molecule has 0 aliphatic rings. The Kier molecular flexibility index (Phi) is 15.3. The van der Waals surface area contributed by atoms with Crippen LogP contribution in [-0.2, 0) is 4.79 Å². The average Bonchev–Trinajstić information content (AvgIpc) is 1.65. The van der Waals surface area contributed by atoms with Gasteiger partial charge >= 0.3 is 5.97 Å². The Hall–Kier alpha value is 0.480. The third kappa shape index (κ3) is 8.48. The van der Waals surface area contributed by atoms with Gasteiger partial charge in [0, 0.05) is 32.7 Å². The van der Waals surface area contributed by atoms with Crippen molar-refractivity contribution in [3.05, 3.63) is 0 Å². The Morgan fingerprint density at radius 2 is 2.00 bits per heavy atom. The van der Waals surface area contributed by atoms with Crippen LogP contribution >= 0.6 is 39.6 Å². The highest BCUT2D eigenvalue weighted by molar-refractivity contribution is 7.80. The Morgan fingerprint density at radius 1 is 1.67 bits per heavy atom. The molecule has 0 saturated heterocycles. The summed E-state index contributed by atoms with van der Waals surface area (Å²) in [5, 5.41) is 8.01. The van der Waals surface area contributed by atoms with Crippen LogP contribution in [0.25, 0.3) is 0 Å². The highest BCUT2D eigenvalue weighted by atomic mass is 32.1. The number of carboxylic acid groups (broad SMARTS) is 1. The fraction of sp³-hybridized carbons (Fsp3) is 0.667. The zero-order valence-corrected chi connectivity index (χ0v) is 7.01. The first-order valence-corrected chi connectivity index (χ1v) is 2.41. The first-order chi connectivity index (χ1) is 3.18. The molecule has 4 radical (unpaired) electrons. The summed E-state index contributed by atoms with van der Waals surface area (Å²) in [6.07, 6.45) is 0. The van der Waals surface area contributed by atoms with E-state index in [1.807, 2.05) is 0 Å². The summed E-state index contributed by atoms with van der Waals surface area (Å²) in [4.78, 5) is 9.76. The molecule has 0 saturated carbocycles. The maximum absolute atomic E-state index is 9.76. The Bertz CT molecular complexity index is 79.5. The molecule has 0 rings (SSSR count). The Labute approximate surface area is 73.3 Å². The molecule has 1 atom stereocenters. The smallest absolute Gasteiger partial charge is 0.321 e. The van der Waals surface area contributed by atoms with Crippen molar-refractivity contribution in [2.75, 3.05) is 5.75 Å². The van der Waals surface area contributed by atoms with Crippen LogP contribution in [0.5, 0.6) is 0 Å². The Morgan fingerprint density at radius 3 is 2.00 bits per heavy atom. The molecule has 0 aliphatic carbocycles. The zero-order chi connectivity index (χ0) is 5.86. The van der Waals surface area contributed by atoms with E-state index in [4.69, 9.17) is 10.8 Å². The van der Waals surface area contributed by atoms with Crippen LogP contribution in [0.2, 0.25) is 0 Å². The summed E-state index contributed by atoms with van der Waals surface area (Å²) < 4.78 is 0. The van der Waals surface area contributed by atoms with E-state index in [9.17, 15) is 4.79 Å². The van der Waals surface area contributed by atoms with Crippen LogP contribution in [-0.4, -0.2) is 22.9 Å². The van der Waals surface area contributed by atoms with E-state index in [0.29, 0.717) is 0 Å². The van der Waals surface area contributed by atoms with Gasteiger partial charge < -0.3 is 10.8 Å². The van der Waals surface area contributed by atoms with Crippen molar-refractivity contribution in [1.29, 1.82) is 0 Å². The summed E-state index contributed by atoms with van der Waals surface area (Å²) in [6, 6.07) is -0.816. The van der Waals surface area contributed by atoms with Crippen LogP contribution in [0.4, 0.5) is 0 Å². The van der Waals surface area contributed by atoms with Gasteiger partial charge in [0.15, 0.2) is 0 Å². The summed E-state index contributed by atoms with van der Waals surface area (Å²) in [7, 11) is 0. The van der Waals surface area contributed by atoms with Crippen molar-refractivity contribution in [1.82, 2.24) is 0 Å². The van der Waals surface area contributed by atoms with Crippen molar-refractivity contribution in [2.24, 2.45) is 5.73 Å². The van der Waals surface area contributed by atoms with Crippen molar-refractivity contribution in [3.63, 3.8) is 0 Å². The molecule has 54 valence electrons.